The van der Waals surface area contributed by atoms with Crippen molar-refractivity contribution < 1.29 is 9.90 Å². The Kier molecular flexibility index (Phi) is 4.21. The summed E-state index contributed by atoms with van der Waals surface area (Å²) in [5.41, 5.74) is 2.15. The zero-order chi connectivity index (χ0) is 15.8. The minimum absolute atomic E-state index is 0.108. The van der Waals surface area contributed by atoms with Gasteiger partial charge >= 0.3 is 11.7 Å². The number of carbonyl (C=O) groups is 1. The van der Waals surface area contributed by atoms with Gasteiger partial charge in [-0.1, -0.05) is 13.8 Å². The highest BCUT2D eigenvalue weighted by atomic mass is 16.4. The van der Waals surface area contributed by atoms with Crippen molar-refractivity contribution >= 4 is 5.97 Å². The summed E-state index contributed by atoms with van der Waals surface area (Å²) < 4.78 is 1.83. The number of rotatable bonds is 5. The number of aromatic nitrogens is 2. The Hall–Kier alpha value is -1.65. The summed E-state index contributed by atoms with van der Waals surface area (Å²) in [5, 5.41) is 9.12. The minimum atomic E-state index is -0.819. The van der Waals surface area contributed by atoms with Crippen LogP contribution in [0.5, 0.6) is 0 Å². The second-order valence-electron chi connectivity index (χ2n) is 6.25. The molecule has 1 N–H and O–H groups in total. The van der Waals surface area contributed by atoms with Gasteiger partial charge < -0.3 is 5.11 Å². The molecule has 0 aromatic carbocycles. The lowest BCUT2D eigenvalue weighted by molar-refractivity contribution is -0.141. The van der Waals surface area contributed by atoms with E-state index < -0.39 is 11.9 Å². The number of hydrogen-bond donors (Lipinski definition) is 1. The molecule has 0 radical (unpaired) electrons. The van der Waals surface area contributed by atoms with Crippen LogP contribution in [0.25, 0.3) is 0 Å². The Balaban J connectivity index is 2.53. The van der Waals surface area contributed by atoms with Crippen molar-refractivity contribution in [3.05, 3.63) is 27.4 Å². The lowest BCUT2D eigenvalue weighted by Crippen LogP contribution is -2.48. The number of hydrogen-bond acceptors (Lipinski definition) is 3. The van der Waals surface area contributed by atoms with Gasteiger partial charge in [-0.2, -0.15) is 4.98 Å². The predicted octanol–water partition coefficient (Wildman–Crippen LogP) is 2.41. The summed E-state index contributed by atoms with van der Waals surface area (Å²) in [6, 6.07) is 0. The second kappa shape index (κ2) is 5.62. The van der Waals surface area contributed by atoms with Crippen molar-refractivity contribution in [2.75, 3.05) is 0 Å². The number of nitrogens with zero attached hydrogens (tertiary/aromatic N) is 2. The van der Waals surface area contributed by atoms with Crippen molar-refractivity contribution in [1.82, 2.24) is 9.55 Å². The monoisotopic (exact) mass is 292 g/mol. The number of aliphatic carboxylic acids is 1. The summed E-state index contributed by atoms with van der Waals surface area (Å²) in [5.74, 6) is -1.30. The molecule has 5 nitrogen and oxygen atoms in total. The smallest absolute Gasteiger partial charge is 0.348 e. The maximum Gasteiger partial charge on any atom is 0.348 e. The molecule has 0 spiro atoms. The van der Waals surface area contributed by atoms with Crippen molar-refractivity contribution in [3.8, 4) is 0 Å². The highest BCUT2D eigenvalue weighted by molar-refractivity contribution is 5.70. The molecule has 1 saturated carbocycles. The Morgan fingerprint density at radius 2 is 2.05 bits per heavy atom. The van der Waals surface area contributed by atoms with E-state index in [2.05, 4.69) is 11.9 Å². The van der Waals surface area contributed by atoms with Gasteiger partial charge in [-0.3, -0.25) is 9.36 Å². The van der Waals surface area contributed by atoms with Crippen LogP contribution in [0.3, 0.4) is 0 Å². The zero-order valence-electron chi connectivity index (χ0n) is 13.3. The highest BCUT2D eigenvalue weighted by Crippen LogP contribution is 2.42. The molecule has 1 aromatic heterocycles. The van der Waals surface area contributed by atoms with Crippen LogP contribution < -0.4 is 5.69 Å². The van der Waals surface area contributed by atoms with Crippen LogP contribution in [0.4, 0.5) is 0 Å². The minimum Gasteiger partial charge on any atom is -0.481 e. The van der Waals surface area contributed by atoms with Gasteiger partial charge in [0.25, 0.3) is 0 Å². The van der Waals surface area contributed by atoms with E-state index in [-0.39, 0.29) is 11.2 Å². The van der Waals surface area contributed by atoms with E-state index in [9.17, 15) is 9.59 Å². The quantitative estimate of drug-likeness (QED) is 0.904. The Morgan fingerprint density at radius 3 is 2.48 bits per heavy atom. The molecule has 0 amide bonds. The molecular weight excluding hydrogens is 268 g/mol. The molecule has 1 aliphatic carbocycles. The van der Waals surface area contributed by atoms with E-state index in [0.29, 0.717) is 12.1 Å². The normalized spacial score (nSPS) is 18.1. The van der Waals surface area contributed by atoms with Crippen LogP contribution in [0.2, 0.25) is 0 Å². The zero-order valence-corrected chi connectivity index (χ0v) is 13.3. The first kappa shape index (κ1) is 15.7. The largest absolute Gasteiger partial charge is 0.481 e. The highest BCUT2D eigenvalue weighted by Gasteiger charge is 2.39. The van der Waals surface area contributed by atoms with Crippen LogP contribution in [0, 0.1) is 19.8 Å². The van der Waals surface area contributed by atoms with Gasteiger partial charge in [0.2, 0.25) is 0 Å². The van der Waals surface area contributed by atoms with Crippen molar-refractivity contribution in [3.63, 3.8) is 0 Å². The maximum absolute atomic E-state index is 12.4. The second-order valence-corrected chi connectivity index (χ2v) is 6.25. The van der Waals surface area contributed by atoms with E-state index in [4.69, 9.17) is 5.11 Å². The fourth-order valence-electron chi connectivity index (χ4n) is 3.37. The van der Waals surface area contributed by atoms with E-state index in [0.717, 1.165) is 36.9 Å². The van der Waals surface area contributed by atoms with Crippen molar-refractivity contribution in [1.29, 1.82) is 0 Å². The summed E-state index contributed by atoms with van der Waals surface area (Å²) >= 11 is 0. The molecular formula is C16H24N2O3. The Bertz CT molecular complexity index is 609. The van der Waals surface area contributed by atoms with Gasteiger partial charge in [0, 0.05) is 16.9 Å². The third-order valence-electron chi connectivity index (χ3n) is 5.01. The van der Waals surface area contributed by atoms with E-state index in [1.54, 1.807) is 13.8 Å². The predicted molar refractivity (Wildman–Crippen MR) is 80.6 cm³/mol. The number of carboxylic acids is 1. The van der Waals surface area contributed by atoms with Crippen LogP contribution in [-0.2, 0) is 16.8 Å². The number of carboxylic acid groups (broad SMARTS) is 1. The standard InChI is InChI=1S/C16H24N2O3/c1-5-16(7-6-8-16)18-12(4)13(9-10(2)14(19)20)11(3)17-15(18)21/h10H,5-9H2,1-4H3,(H,19,20). The third kappa shape index (κ3) is 2.61. The first-order valence-corrected chi connectivity index (χ1v) is 7.65. The lowest BCUT2D eigenvalue weighted by Gasteiger charge is -2.44. The first-order valence-electron chi connectivity index (χ1n) is 7.65. The molecule has 1 fully saturated rings. The molecule has 21 heavy (non-hydrogen) atoms. The Morgan fingerprint density at radius 1 is 1.43 bits per heavy atom. The fraction of sp³-hybridized carbons (Fsp3) is 0.688. The average Bonchev–Trinajstić information content (AvgIpc) is 2.36. The first-order chi connectivity index (χ1) is 9.82. The maximum atomic E-state index is 12.4. The van der Waals surface area contributed by atoms with Gasteiger partial charge in [-0.25, -0.2) is 4.79 Å². The molecule has 1 heterocycles. The molecule has 0 saturated heterocycles. The van der Waals surface area contributed by atoms with Crippen molar-refractivity contribution in [2.45, 2.75) is 65.3 Å². The summed E-state index contributed by atoms with van der Waals surface area (Å²) in [7, 11) is 0. The van der Waals surface area contributed by atoms with Gasteiger partial charge in [0.15, 0.2) is 0 Å². The van der Waals surface area contributed by atoms with Crippen LogP contribution in [-0.4, -0.2) is 20.6 Å². The molecule has 116 valence electrons. The molecule has 1 atom stereocenters. The van der Waals surface area contributed by atoms with Gasteiger partial charge in [-0.05, 0) is 51.5 Å². The third-order valence-corrected chi connectivity index (χ3v) is 5.01. The molecule has 1 aromatic rings. The summed E-state index contributed by atoms with van der Waals surface area (Å²) in [6.07, 6.45) is 4.47. The number of aryl methyl sites for hydroxylation is 1. The topological polar surface area (TPSA) is 72.2 Å². The van der Waals surface area contributed by atoms with Crippen molar-refractivity contribution in [2.24, 2.45) is 5.92 Å². The van der Waals surface area contributed by atoms with E-state index in [1.165, 1.54) is 0 Å². The molecule has 2 rings (SSSR count). The van der Waals surface area contributed by atoms with Gasteiger partial charge in [0.1, 0.15) is 0 Å². The summed E-state index contributed by atoms with van der Waals surface area (Å²) in [4.78, 5) is 27.6. The van der Waals surface area contributed by atoms with Crippen LogP contribution >= 0.6 is 0 Å². The lowest BCUT2D eigenvalue weighted by atomic mass is 9.74. The average molecular weight is 292 g/mol. The summed E-state index contributed by atoms with van der Waals surface area (Å²) in [6.45, 7) is 7.51. The molecule has 5 heteroatoms. The molecule has 0 aliphatic heterocycles. The molecule has 1 unspecified atom stereocenters. The van der Waals surface area contributed by atoms with Crippen LogP contribution in [0.15, 0.2) is 4.79 Å². The fourth-order valence-corrected chi connectivity index (χ4v) is 3.37. The molecule has 1 aliphatic rings. The Labute approximate surface area is 125 Å². The SMILES string of the molecule is CCC1(n2c(C)c(CC(C)C(=O)O)c(C)nc2=O)CCC1. The molecule has 0 bridgehead atoms. The van der Waals surface area contributed by atoms with E-state index >= 15 is 0 Å². The van der Waals surface area contributed by atoms with Gasteiger partial charge in [0.05, 0.1) is 5.92 Å². The van der Waals surface area contributed by atoms with Crippen LogP contribution in [0.1, 0.15) is 56.5 Å². The van der Waals surface area contributed by atoms with Gasteiger partial charge in [-0.15, -0.1) is 0 Å². The van der Waals surface area contributed by atoms with E-state index in [1.807, 2.05) is 11.5 Å².